The quantitative estimate of drug-likeness (QED) is 0.658. The van der Waals surface area contributed by atoms with E-state index in [1.807, 2.05) is 0 Å². The third kappa shape index (κ3) is 4.13. The van der Waals surface area contributed by atoms with E-state index in [1.165, 1.54) is 18.3 Å². The van der Waals surface area contributed by atoms with Crippen LogP contribution in [-0.4, -0.2) is 65.4 Å². The zero-order valence-corrected chi connectivity index (χ0v) is 10.4. The van der Waals surface area contributed by atoms with Crippen molar-refractivity contribution in [3.8, 4) is 0 Å². The van der Waals surface area contributed by atoms with Gasteiger partial charge in [0.25, 0.3) is 5.91 Å². The fourth-order valence-corrected chi connectivity index (χ4v) is 1.27. The highest BCUT2D eigenvalue weighted by atomic mass is 16.5. The van der Waals surface area contributed by atoms with Gasteiger partial charge in [0, 0.05) is 13.7 Å². The Bertz CT molecular complexity index is 379. The molecule has 0 aliphatic carbocycles. The van der Waals surface area contributed by atoms with E-state index in [0.29, 0.717) is 6.61 Å². The van der Waals surface area contributed by atoms with Gasteiger partial charge in [0.2, 0.25) is 5.82 Å². The first-order valence-electron chi connectivity index (χ1n) is 5.48. The number of hydrogen-bond acceptors (Lipinski definition) is 6. The van der Waals surface area contributed by atoms with Crippen LogP contribution in [0.25, 0.3) is 0 Å². The Morgan fingerprint density at radius 2 is 2.28 bits per heavy atom. The number of H-pyrrole nitrogens is 1. The molecule has 1 rings (SSSR count). The summed E-state index contributed by atoms with van der Waals surface area (Å²) in [5, 5.41) is 6.04. The molecule has 0 atom stereocenters. The second-order valence-electron chi connectivity index (χ2n) is 3.36. The summed E-state index contributed by atoms with van der Waals surface area (Å²) in [7, 11) is 1.52. The minimum atomic E-state index is -0.471. The molecule has 1 N–H and O–H groups in total. The van der Waals surface area contributed by atoms with Gasteiger partial charge in [0.05, 0.1) is 13.2 Å². The van der Waals surface area contributed by atoms with Crippen LogP contribution in [0, 0.1) is 0 Å². The number of amides is 1. The van der Waals surface area contributed by atoms with Gasteiger partial charge in [0.15, 0.2) is 0 Å². The van der Waals surface area contributed by atoms with E-state index < -0.39 is 11.9 Å². The van der Waals surface area contributed by atoms with Crippen molar-refractivity contribution < 1.29 is 19.1 Å². The SMILES string of the molecule is CCOC(=O)CN(CCOC)C(=O)c1ncn[nH]1. The number of carbonyl (C=O) groups excluding carboxylic acids is 2. The van der Waals surface area contributed by atoms with Crippen LogP contribution in [0.5, 0.6) is 0 Å². The maximum atomic E-state index is 12.0. The van der Waals surface area contributed by atoms with E-state index in [0.717, 1.165) is 0 Å². The second kappa shape index (κ2) is 7.38. The molecule has 0 unspecified atom stereocenters. The Kier molecular flexibility index (Phi) is 5.78. The molecule has 0 aliphatic rings. The second-order valence-corrected chi connectivity index (χ2v) is 3.36. The van der Waals surface area contributed by atoms with Gasteiger partial charge in [-0.3, -0.25) is 14.7 Å². The maximum absolute atomic E-state index is 12.0. The average Bonchev–Trinajstić information content (AvgIpc) is 2.87. The zero-order chi connectivity index (χ0) is 13.4. The molecular weight excluding hydrogens is 240 g/mol. The molecule has 18 heavy (non-hydrogen) atoms. The summed E-state index contributed by atoms with van der Waals surface area (Å²) in [4.78, 5) is 28.4. The predicted molar refractivity (Wildman–Crippen MR) is 60.8 cm³/mol. The molecule has 0 saturated heterocycles. The number of methoxy groups -OCH3 is 1. The summed E-state index contributed by atoms with van der Waals surface area (Å²) in [6, 6.07) is 0. The van der Waals surface area contributed by atoms with E-state index in [2.05, 4.69) is 15.2 Å². The monoisotopic (exact) mass is 256 g/mol. The van der Waals surface area contributed by atoms with Crippen LogP contribution in [0.15, 0.2) is 6.33 Å². The van der Waals surface area contributed by atoms with Crippen molar-refractivity contribution in [2.24, 2.45) is 0 Å². The molecule has 8 nitrogen and oxygen atoms in total. The summed E-state index contributed by atoms with van der Waals surface area (Å²) in [5.74, 6) is -0.811. The van der Waals surface area contributed by atoms with Crippen molar-refractivity contribution in [1.29, 1.82) is 0 Å². The number of ether oxygens (including phenoxy) is 2. The van der Waals surface area contributed by atoms with Crippen LogP contribution in [0.4, 0.5) is 0 Å². The molecule has 0 aromatic carbocycles. The lowest BCUT2D eigenvalue weighted by molar-refractivity contribution is -0.143. The molecule has 1 amide bonds. The Morgan fingerprint density at radius 3 is 2.83 bits per heavy atom. The fraction of sp³-hybridized carbons (Fsp3) is 0.600. The fourth-order valence-electron chi connectivity index (χ4n) is 1.27. The number of carbonyl (C=O) groups is 2. The Hall–Kier alpha value is -1.96. The van der Waals surface area contributed by atoms with Gasteiger partial charge >= 0.3 is 5.97 Å². The van der Waals surface area contributed by atoms with E-state index in [4.69, 9.17) is 9.47 Å². The van der Waals surface area contributed by atoms with E-state index >= 15 is 0 Å². The molecule has 1 heterocycles. The molecule has 0 aliphatic heterocycles. The first-order valence-corrected chi connectivity index (χ1v) is 5.48. The summed E-state index contributed by atoms with van der Waals surface area (Å²) in [6.07, 6.45) is 1.23. The number of rotatable bonds is 7. The minimum absolute atomic E-state index is 0.0791. The molecule has 8 heteroatoms. The summed E-state index contributed by atoms with van der Waals surface area (Å²) < 4.78 is 9.69. The highest BCUT2D eigenvalue weighted by Crippen LogP contribution is 1.99. The van der Waals surface area contributed by atoms with Gasteiger partial charge < -0.3 is 14.4 Å². The average molecular weight is 256 g/mol. The Labute approximate surface area is 104 Å². The van der Waals surface area contributed by atoms with Crippen LogP contribution in [0.2, 0.25) is 0 Å². The van der Waals surface area contributed by atoms with Crippen molar-refractivity contribution in [3.63, 3.8) is 0 Å². The smallest absolute Gasteiger partial charge is 0.325 e. The van der Waals surface area contributed by atoms with Gasteiger partial charge in [-0.25, -0.2) is 4.98 Å². The van der Waals surface area contributed by atoms with Gasteiger partial charge in [0.1, 0.15) is 12.9 Å². The Balaban J connectivity index is 2.65. The molecule has 0 fully saturated rings. The lowest BCUT2D eigenvalue weighted by Crippen LogP contribution is -2.39. The summed E-state index contributed by atoms with van der Waals surface area (Å²) in [5.41, 5.74) is 0. The number of esters is 1. The number of aromatic nitrogens is 3. The molecule has 1 aromatic rings. The molecule has 1 aromatic heterocycles. The Morgan fingerprint density at radius 1 is 1.50 bits per heavy atom. The standard InChI is InChI=1S/C10H16N4O4/c1-3-18-8(15)6-14(4-5-17-2)10(16)9-11-7-12-13-9/h7H,3-6H2,1-2H3,(H,11,12,13). The normalized spacial score (nSPS) is 10.1. The van der Waals surface area contributed by atoms with Crippen molar-refractivity contribution in [1.82, 2.24) is 20.1 Å². The summed E-state index contributed by atoms with van der Waals surface area (Å²) in [6.45, 7) is 2.42. The first-order chi connectivity index (χ1) is 8.69. The van der Waals surface area contributed by atoms with Crippen LogP contribution in [0.1, 0.15) is 17.5 Å². The number of aromatic amines is 1. The van der Waals surface area contributed by atoms with Crippen LogP contribution < -0.4 is 0 Å². The molecule has 0 bridgehead atoms. The minimum Gasteiger partial charge on any atom is -0.465 e. The van der Waals surface area contributed by atoms with E-state index in [-0.39, 0.29) is 25.5 Å². The van der Waals surface area contributed by atoms with Crippen molar-refractivity contribution in [3.05, 3.63) is 12.2 Å². The van der Waals surface area contributed by atoms with E-state index in [1.54, 1.807) is 6.92 Å². The largest absolute Gasteiger partial charge is 0.465 e. The highest BCUT2D eigenvalue weighted by molar-refractivity contribution is 5.92. The highest BCUT2D eigenvalue weighted by Gasteiger charge is 2.21. The van der Waals surface area contributed by atoms with Crippen molar-refractivity contribution in [2.75, 3.05) is 33.4 Å². The van der Waals surface area contributed by atoms with Gasteiger partial charge in [-0.1, -0.05) is 0 Å². The lowest BCUT2D eigenvalue weighted by atomic mass is 10.4. The predicted octanol–water partition coefficient (Wildman–Crippen LogP) is -0.544. The number of nitrogens with one attached hydrogen (secondary N) is 1. The van der Waals surface area contributed by atoms with Gasteiger partial charge in [-0.05, 0) is 6.92 Å². The molecule has 0 saturated carbocycles. The third-order valence-electron chi connectivity index (χ3n) is 2.10. The lowest BCUT2D eigenvalue weighted by Gasteiger charge is -2.19. The molecular formula is C10H16N4O4. The topological polar surface area (TPSA) is 97.4 Å². The number of nitrogens with zero attached hydrogens (tertiary/aromatic N) is 3. The molecule has 100 valence electrons. The van der Waals surface area contributed by atoms with Gasteiger partial charge in [-0.15, -0.1) is 0 Å². The first kappa shape index (κ1) is 14.1. The van der Waals surface area contributed by atoms with Crippen LogP contribution in [-0.2, 0) is 14.3 Å². The maximum Gasteiger partial charge on any atom is 0.325 e. The molecule has 0 radical (unpaired) electrons. The van der Waals surface area contributed by atoms with Crippen LogP contribution >= 0.6 is 0 Å². The number of hydrogen-bond donors (Lipinski definition) is 1. The van der Waals surface area contributed by atoms with Crippen molar-refractivity contribution >= 4 is 11.9 Å². The molecule has 0 spiro atoms. The van der Waals surface area contributed by atoms with Crippen LogP contribution in [0.3, 0.4) is 0 Å². The summed E-state index contributed by atoms with van der Waals surface area (Å²) >= 11 is 0. The van der Waals surface area contributed by atoms with E-state index in [9.17, 15) is 9.59 Å². The van der Waals surface area contributed by atoms with Gasteiger partial charge in [-0.2, -0.15) is 5.10 Å². The van der Waals surface area contributed by atoms with Crippen molar-refractivity contribution in [2.45, 2.75) is 6.92 Å². The zero-order valence-electron chi connectivity index (χ0n) is 10.4. The third-order valence-corrected chi connectivity index (χ3v) is 2.10.